The predicted molar refractivity (Wildman–Crippen MR) is 144 cm³/mol. The molecule has 0 saturated heterocycles. The van der Waals surface area contributed by atoms with E-state index in [4.69, 9.17) is 18.9 Å². The van der Waals surface area contributed by atoms with Crippen LogP contribution < -0.4 is 14.2 Å². The summed E-state index contributed by atoms with van der Waals surface area (Å²) in [7, 11) is 3.23. The first-order valence-electron chi connectivity index (χ1n) is 12.2. The van der Waals surface area contributed by atoms with E-state index >= 15 is 0 Å². The lowest BCUT2D eigenvalue weighted by molar-refractivity contribution is 0.221. The quantitative estimate of drug-likeness (QED) is 0.345. The zero-order chi connectivity index (χ0) is 25.0. The molecule has 4 nitrogen and oxygen atoms in total. The van der Waals surface area contributed by atoms with Crippen molar-refractivity contribution in [3.05, 3.63) is 70.6 Å². The van der Waals surface area contributed by atoms with Gasteiger partial charge in [-0.3, -0.25) is 0 Å². The van der Waals surface area contributed by atoms with E-state index in [1.807, 2.05) is 24.3 Å². The molecular weight excluding hydrogens is 440 g/mol. The van der Waals surface area contributed by atoms with Crippen molar-refractivity contribution in [2.45, 2.75) is 58.2 Å². The normalized spacial score (nSPS) is 15.2. The number of hydrogen-bond acceptors (Lipinski definition) is 4. The molecule has 0 aliphatic carbocycles. The minimum absolute atomic E-state index is 0.461. The Morgan fingerprint density at radius 1 is 0.794 bits per heavy atom. The Balaban J connectivity index is 2.36. The largest absolute Gasteiger partial charge is 0.497 e. The molecule has 0 N–H and O–H groups in total. The summed E-state index contributed by atoms with van der Waals surface area (Å²) >= 11 is 0. The Kier molecular flexibility index (Phi) is 8.32. The standard InChI is InChI=1S/C29H40O4Si/c1-19(2)34(20(3)4,21(5)6)18-28-26(17-30-7)29(22-10-12-23(31-8)13-11-22)25-16-24(32-9)14-15-27(25)33-28/h10-16,18-21H,17H2,1-9H3/b28-18-. The van der Waals surface area contributed by atoms with Crippen LogP contribution in [0.3, 0.4) is 0 Å². The smallest absolute Gasteiger partial charge is 0.135 e. The van der Waals surface area contributed by atoms with Crippen molar-refractivity contribution in [2.75, 3.05) is 27.9 Å². The van der Waals surface area contributed by atoms with Gasteiger partial charge in [0.25, 0.3) is 0 Å². The zero-order valence-electron chi connectivity index (χ0n) is 22.2. The third-order valence-corrected chi connectivity index (χ3v) is 14.1. The molecule has 0 amide bonds. The van der Waals surface area contributed by atoms with E-state index in [0.717, 1.165) is 45.3 Å². The first kappa shape index (κ1) is 26.1. The Labute approximate surface area is 206 Å². The van der Waals surface area contributed by atoms with Crippen molar-refractivity contribution in [3.63, 3.8) is 0 Å². The lowest BCUT2D eigenvalue weighted by atomic mass is 9.90. The van der Waals surface area contributed by atoms with Gasteiger partial charge < -0.3 is 18.9 Å². The summed E-state index contributed by atoms with van der Waals surface area (Å²) in [5.41, 5.74) is 8.56. The van der Waals surface area contributed by atoms with Gasteiger partial charge in [0.1, 0.15) is 23.0 Å². The van der Waals surface area contributed by atoms with Crippen LogP contribution in [0, 0.1) is 0 Å². The molecule has 0 aromatic heterocycles. The Bertz CT molecular complexity index is 1030. The zero-order valence-corrected chi connectivity index (χ0v) is 23.2. The van der Waals surface area contributed by atoms with Gasteiger partial charge in [0.2, 0.25) is 0 Å². The molecule has 184 valence electrons. The molecule has 1 heterocycles. The van der Waals surface area contributed by atoms with E-state index in [1.165, 1.54) is 0 Å². The molecule has 0 atom stereocenters. The topological polar surface area (TPSA) is 36.9 Å². The SMILES string of the molecule is COCC1=C(c2ccc(OC)cc2)c2cc(OC)ccc2O/C1=C\[Si](C(C)C)(C(C)C)C(C)C. The van der Waals surface area contributed by atoms with Crippen LogP contribution in [0.15, 0.2) is 59.5 Å². The van der Waals surface area contributed by atoms with Crippen LogP contribution in [0.2, 0.25) is 16.6 Å². The highest BCUT2D eigenvalue weighted by molar-refractivity contribution is 6.88. The summed E-state index contributed by atoms with van der Waals surface area (Å²) in [6.07, 6.45) is 0. The maximum Gasteiger partial charge on any atom is 0.135 e. The number of rotatable bonds is 9. The second-order valence-corrected chi connectivity index (χ2v) is 15.7. The number of fused-ring (bicyclic) bond motifs is 1. The monoisotopic (exact) mass is 480 g/mol. The molecule has 0 radical (unpaired) electrons. The number of hydrogen-bond donors (Lipinski definition) is 0. The van der Waals surface area contributed by atoms with E-state index in [0.29, 0.717) is 23.2 Å². The van der Waals surface area contributed by atoms with Gasteiger partial charge in [0, 0.05) is 23.8 Å². The minimum Gasteiger partial charge on any atom is -0.497 e. The summed E-state index contributed by atoms with van der Waals surface area (Å²) in [6, 6.07) is 14.2. The second kappa shape index (κ2) is 10.8. The predicted octanol–water partition coefficient (Wildman–Crippen LogP) is 7.65. The molecule has 3 rings (SSSR count). The highest BCUT2D eigenvalue weighted by atomic mass is 28.3. The van der Waals surface area contributed by atoms with Gasteiger partial charge in [-0.05, 0) is 52.5 Å². The van der Waals surface area contributed by atoms with E-state index in [-0.39, 0.29) is 0 Å². The van der Waals surface area contributed by atoms with E-state index < -0.39 is 8.07 Å². The fraction of sp³-hybridized carbons (Fsp3) is 0.448. The number of ether oxygens (including phenoxy) is 4. The van der Waals surface area contributed by atoms with E-state index in [2.05, 4.69) is 65.4 Å². The molecule has 2 aromatic rings. The van der Waals surface area contributed by atoms with Crippen LogP contribution in [0.1, 0.15) is 52.7 Å². The highest BCUT2D eigenvalue weighted by Crippen LogP contribution is 2.47. The van der Waals surface area contributed by atoms with Crippen molar-refractivity contribution in [1.29, 1.82) is 0 Å². The van der Waals surface area contributed by atoms with E-state index in [9.17, 15) is 0 Å². The van der Waals surface area contributed by atoms with Gasteiger partial charge in [-0.15, -0.1) is 0 Å². The fourth-order valence-corrected chi connectivity index (χ4v) is 11.3. The average Bonchev–Trinajstić information content (AvgIpc) is 2.81. The van der Waals surface area contributed by atoms with Gasteiger partial charge >= 0.3 is 0 Å². The van der Waals surface area contributed by atoms with Gasteiger partial charge in [0.15, 0.2) is 0 Å². The van der Waals surface area contributed by atoms with Crippen molar-refractivity contribution < 1.29 is 18.9 Å². The molecule has 2 aromatic carbocycles. The van der Waals surface area contributed by atoms with Gasteiger partial charge in [-0.2, -0.15) is 0 Å². The number of benzene rings is 2. The molecule has 1 aliphatic rings. The lowest BCUT2D eigenvalue weighted by Crippen LogP contribution is -2.43. The summed E-state index contributed by atoms with van der Waals surface area (Å²) in [6.45, 7) is 14.7. The molecule has 34 heavy (non-hydrogen) atoms. The molecule has 0 fully saturated rings. The van der Waals surface area contributed by atoms with Crippen molar-refractivity contribution in [3.8, 4) is 17.2 Å². The maximum absolute atomic E-state index is 6.68. The molecule has 5 heteroatoms. The average molecular weight is 481 g/mol. The van der Waals surface area contributed by atoms with Crippen molar-refractivity contribution in [1.82, 2.24) is 0 Å². The maximum atomic E-state index is 6.68. The molecular formula is C29H40O4Si. The minimum atomic E-state index is -1.89. The fourth-order valence-electron chi connectivity index (χ4n) is 5.60. The summed E-state index contributed by atoms with van der Waals surface area (Å²) in [5, 5.41) is 0. The van der Waals surface area contributed by atoms with Gasteiger partial charge in [-0.1, -0.05) is 59.4 Å². The Hall–Kier alpha value is -2.50. The Morgan fingerprint density at radius 2 is 1.35 bits per heavy atom. The van der Waals surface area contributed by atoms with Gasteiger partial charge in [-0.25, -0.2) is 0 Å². The molecule has 0 bridgehead atoms. The van der Waals surface area contributed by atoms with Crippen LogP contribution in [-0.2, 0) is 4.74 Å². The third-order valence-electron chi connectivity index (χ3n) is 7.32. The summed E-state index contributed by atoms with van der Waals surface area (Å²) in [4.78, 5) is 0. The second-order valence-electron chi connectivity index (χ2n) is 9.95. The molecule has 0 spiro atoms. The first-order valence-corrected chi connectivity index (χ1v) is 14.5. The van der Waals surface area contributed by atoms with Crippen LogP contribution in [0.5, 0.6) is 17.2 Å². The summed E-state index contributed by atoms with van der Waals surface area (Å²) < 4.78 is 23.4. The van der Waals surface area contributed by atoms with Crippen LogP contribution in [-0.4, -0.2) is 36.0 Å². The van der Waals surface area contributed by atoms with Crippen molar-refractivity contribution >= 4 is 13.6 Å². The molecule has 1 aliphatic heterocycles. The summed E-state index contributed by atoms with van der Waals surface area (Å²) in [5.74, 6) is 3.41. The van der Waals surface area contributed by atoms with Crippen molar-refractivity contribution in [2.24, 2.45) is 0 Å². The molecule has 0 saturated carbocycles. The first-order chi connectivity index (χ1) is 16.2. The third kappa shape index (κ3) is 4.82. The number of methoxy groups -OCH3 is 3. The Morgan fingerprint density at radius 3 is 1.85 bits per heavy atom. The van der Waals surface area contributed by atoms with Gasteiger partial charge in [0.05, 0.1) is 28.9 Å². The molecule has 0 unspecified atom stereocenters. The van der Waals surface area contributed by atoms with Crippen LogP contribution in [0.4, 0.5) is 0 Å². The highest BCUT2D eigenvalue weighted by Gasteiger charge is 2.42. The lowest BCUT2D eigenvalue weighted by Gasteiger charge is -2.41. The van der Waals surface area contributed by atoms with E-state index in [1.54, 1.807) is 21.3 Å². The van der Waals surface area contributed by atoms with Crippen LogP contribution in [0.25, 0.3) is 5.57 Å². The van der Waals surface area contributed by atoms with Crippen LogP contribution >= 0.6 is 0 Å².